The summed E-state index contributed by atoms with van der Waals surface area (Å²) in [6, 6.07) is 0. The third-order valence-corrected chi connectivity index (χ3v) is 0. The van der Waals surface area contributed by atoms with Crippen LogP contribution in [0.15, 0.2) is 0 Å². The molecule has 0 aromatic rings. The van der Waals surface area contributed by atoms with Crippen molar-refractivity contribution in [1.82, 2.24) is 0 Å². The van der Waals surface area contributed by atoms with Crippen LogP contribution in [-0.4, -0.2) is 43.9 Å². The van der Waals surface area contributed by atoms with Crippen molar-refractivity contribution in [3.63, 3.8) is 0 Å². The fourth-order valence-electron chi connectivity index (χ4n) is 0. The Hall–Kier alpha value is 1.02. The van der Waals surface area contributed by atoms with Crippen LogP contribution in [0.4, 0.5) is 4.79 Å². The van der Waals surface area contributed by atoms with Gasteiger partial charge in [-0.25, -0.2) is 0 Å². The molecule has 0 aliphatic carbocycles. The maximum atomic E-state index is 8.33. The zero-order valence-corrected chi connectivity index (χ0v) is 5.94. The van der Waals surface area contributed by atoms with Gasteiger partial charge in [-0.05, 0) is 6.16 Å². The second kappa shape index (κ2) is 9.39. The number of carbonyl (C=O) groups is 1. The zero-order valence-electron chi connectivity index (χ0n) is 2.75. The van der Waals surface area contributed by atoms with E-state index in [2.05, 4.69) is 0 Å². The molecule has 0 bridgehead atoms. The van der Waals surface area contributed by atoms with E-state index in [-0.39, 0.29) is 54.2 Å². The van der Waals surface area contributed by atoms with Gasteiger partial charge in [0.05, 0.1) is 0 Å². The van der Waals surface area contributed by atoms with Crippen LogP contribution in [0.1, 0.15) is 0 Å². The van der Waals surface area contributed by atoms with E-state index in [4.69, 9.17) is 15.0 Å². The van der Waals surface area contributed by atoms with Crippen LogP contribution in [-0.2, 0) is 16.5 Å². The fraction of sp³-hybridized carbons (Fsp3) is 0. The van der Waals surface area contributed by atoms with Crippen LogP contribution in [0.5, 0.6) is 0 Å². The second-order valence-corrected chi connectivity index (χ2v) is 0.250. The van der Waals surface area contributed by atoms with Gasteiger partial charge >= 0.3 is 37.7 Å². The van der Waals surface area contributed by atoms with E-state index >= 15 is 0 Å². The molecule has 0 aliphatic rings. The summed E-state index contributed by atoms with van der Waals surface area (Å²) in [6.07, 6.45) is -2.33. The van der Waals surface area contributed by atoms with Gasteiger partial charge in [-0.2, -0.15) is 0 Å². The van der Waals surface area contributed by atoms with Gasteiger partial charge in [0.15, 0.2) is 0 Å². The van der Waals surface area contributed by atoms with Crippen molar-refractivity contribution < 1.29 is 31.5 Å². The van der Waals surface area contributed by atoms with Crippen molar-refractivity contribution >= 4 is 43.9 Å². The van der Waals surface area contributed by atoms with Gasteiger partial charge in [-0.15, -0.1) is 0 Å². The zero-order chi connectivity index (χ0) is 3.58. The van der Waals surface area contributed by atoms with Crippen LogP contribution in [0.3, 0.4) is 0 Å². The largest absolute Gasteiger partial charge is 2.00 e. The predicted octanol–water partition coefficient (Wildman–Crippen LogP) is -2.83. The number of rotatable bonds is 0. The fourth-order valence-corrected chi connectivity index (χ4v) is 0. The summed E-state index contributed by atoms with van der Waals surface area (Å²) < 4.78 is 0. The molecular formula is CCaNiO3. The maximum absolute atomic E-state index is 8.33. The summed E-state index contributed by atoms with van der Waals surface area (Å²) in [7, 11) is 0. The average molecular weight is 159 g/mol. The SMILES string of the molecule is O=C([O-])[O-].[Ca+2].[Ni]. The molecule has 0 heterocycles. The molecule has 6 heavy (non-hydrogen) atoms. The van der Waals surface area contributed by atoms with E-state index in [1.54, 1.807) is 0 Å². The minimum Gasteiger partial charge on any atom is -0.652 e. The summed E-state index contributed by atoms with van der Waals surface area (Å²) in [5, 5.41) is 16.7. The van der Waals surface area contributed by atoms with E-state index < -0.39 is 6.16 Å². The molecule has 0 spiro atoms. The molecule has 5 heteroatoms. The Labute approximate surface area is 74.7 Å². The van der Waals surface area contributed by atoms with Crippen LogP contribution in [0.2, 0.25) is 0 Å². The van der Waals surface area contributed by atoms with Gasteiger partial charge in [0.2, 0.25) is 0 Å². The quantitative estimate of drug-likeness (QED) is 0.357. The molecule has 0 aromatic heterocycles. The smallest absolute Gasteiger partial charge is 0.652 e. The second-order valence-electron chi connectivity index (χ2n) is 0.250. The summed E-state index contributed by atoms with van der Waals surface area (Å²) >= 11 is 0. The molecule has 0 radical (unpaired) electrons. The van der Waals surface area contributed by atoms with E-state index in [9.17, 15) is 0 Å². The predicted molar refractivity (Wildman–Crippen MR) is 11.1 cm³/mol. The van der Waals surface area contributed by atoms with Crippen LogP contribution < -0.4 is 10.2 Å². The minimum atomic E-state index is -2.33. The van der Waals surface area contributed by atoms with Gasteiger partial charge < -0.3 is 15.0 Å². The average Bonchev–Trinajstić information content (AvgIpc) is 0.811. The van der Waals surface area contributed by atoms with E-state index in [1.807, 2.05) is 0 Å². The molecule has 0 saturated carbocycles. The molecule has 0 unspecified atom stereocenters. The molecule has 0 saturated heterocycles. The van der Waals surface area contributed by atoms with Gasteiger partial charge in [0.1, 0.15) is 0 Å². The molecule has 0 aromatic carbocycles. The number of hydrogen-bond donors (Lipinski definition) is 0. The molecule has 0 rings (SSSR count). The van der Waals surface area contributed by atoms with Crippen molar-refractivity contribution in [2.75, 3.05) is 0 Å². The first-order valence-corrected chi connectivity index (χ1v) is 0.612. The number of carboxylic acid groups (broad SMARTS) is 2. The molecule has 0 fully saturated rings. The Morgan fingerprint density at radius 3 is 1.33 bits per heavy atom. The first-order chi connectivity index (χ1) is 1.73. The first-order valence-electron chi connectivity index (χ1n) is 0.612. The molecule has 0 amide bonds. The van der Waals surface area contributed by atoms with Crippen molar-refractivity contribution in [3.8, 4) is 0 Å². The Morgan fingerprint density at radius 1 is 1.33 bits per heavy atom. The number of hydrogen-bond acceptors (Lipinski definition) is 3. The third kappa shape index (κ3) is 77.7. The summed E-state index contributed by atoms with van der Waals surface area (Å²) in [5.74, 6) is 0. The molecule has 34 valence electrons. The van der Waals surface area contributed by atoms with Crippen LogP contribution >= 0.6 is 0 Å². The van der Waals surface area contributed by atoms with Crippen LogP contribution in [0, 0.1) is 0 Å². The normalized spacial score (nSPS) is 4.00. The maximum Gasteiger partial charge on any atom is 2.00 e. The van der Waals surface area contributed by atoms with E-state index in [1.165, 1.54) is 0 Å². The Kier molecular flexibility index (Phi) is 24.6. The third-order valence-electron chi connectivity index (χ3n) is 0. The topological polar surface area (TPSA) is 63.2 Å². The van der Waals surface area contributed by atoms with Crippen molar-refractivity contribution in [2.45, 2.75) is 0 Å². The Bertz CT molecular complexity index is 33.8. The van der Waals surface area contributed by atoms with Crippen molar-refractivity contribution in [3.05, 3.63) is 0 Å². The van der Waals surface area contributed by atoms with Gasteiger partial charge in [-0.3, -0.25) is 0 Å². The standard InChI is InChI=1S/CH2O3.Ca.Ni/c2-1(3)4;;/h(H2,2,3,4);;/q;+2;/p-2. The summed E-state index contributed by atoms with van der Waals surface area (Å²) in [5.41, 5.74) is 0. The molecule has 3 nitrogen and oxygen atoms in total. The Morgan fingerprint density at radius 2 is 1.33 bits per heavy atom. The van der Waals surface area contributed by atoms with E-state index in [0.717, 1.165) is 0 Å². The van der Waals surface area contributed by atoms with Gasteiger partial charge in [0, 0.05) is 16.5 Å². The molecule has 0 aliphatic heterocycles. The summed E-state index contributed by atoms with van der Waals surface area (Å²) in [4.78, 5) is 8.33. The van der Waals surface area contributed by atoms with Crippen molar-refractivity contribution in [1.29, 1.82) is 0 Å². The first kappa shape index (κ1) is 15.7. The van der Waals surface area contributed by atoms with E-state index in [0.29, 0.717) is 0 Å². The van der Waals surface area contributed by atoms with Crippen molar-refractivity contribution in [2.24, 2.45) is 0 Å². The molecular weight excluding hydrogens is 159 g/mol. The summed E-state index contributed by atoms with van der Waals surface area (Å²) in [6.45, 7) is 0. The van der Waals surface area contributed by atoms with Crippen LogP contribution in [0.25, 0.3) is 0 Å². The van der Waals surface area contributed by atoms with Gasteiger partial charge in [0.25, 0.3) is 0 Å². The number of carbonyl (C=O) groups excluding carboxylic acids is 1. The molecule has 0 atom stereocenters. The minimum absolute atomic E-state index is 0. The monoisotopic (exact) mass is 158 g/mol. The molecule has 0 N–H and O–H groups in total. The van der Waals surface area contributed by atoms with Gasteiger partial charge in [-0.1, -0.05) is 0 Å². The Balaban J connectivity index is -0.0000000450.